The number of nitrogens with zero attached hydrogens (tertiary/aromatic N) is 3. The molecule has 0 aliphatic rings. The molecule has 3 heterocycles. The average Bonchev–Trinajstić information content (AvgIpc) is 3.11. The molecule has 0 fully saturated rings. The lowest BCUT2D eigenvalue weighted by molar-refractivity contribution is 0.0935. The smallest absolute Gasteiger partial charge is 0.305 e. The van der Waals surface area contributed by atoms with Crippen LogP contribution in [0.2, 0.25) is 0 Å². The van der Waals surface area contributed by atoms with Crippen LogP contribution in [0.5, 0.6) is 0 Å². The molecule has 0 unspecified atom stereocenters. The summed E-state index contributed by atoms with van der Waals surface area (Å²) in [5.41, 5.74) is 12.1. The van der Waals surface area contributed by atoms with Gasteiger partial charge in [-0.15, -0.1) is 0 Å². The van der Waals surface area contributed by atoms with Crippen LogP contribution in [-0.4, -0.2) is 20.9 Å². The highest BCUT2D eigenvalue weighted by atomic mass is 16.3. The van der Waals surface area contributed by atoms with Gasteiger partial charge in [-0.05, 0) is 24.3 Å². The van der Waals surface area contributed by atoms with E-state index in [1.54, 1.807) is 30.6 Å². The van der Waals surface area contributed by atoms with Crippen LogP contribution in [0.4, 0.5) is 23.0 Å². The fraction of sp³-hybridized carbons (Fsp3) is 0. The zero-order valence-corrected chi connectivity index (χ0v) is 11.9. The number of rotatable bonds is 5. The van der Waals surface area contributed by atoms with Gasteiger partial charge in [0.15, 0.2) is 17.4 Å². The molecule has 3 aromatic rings. The van der Waals surface area contributed by atoms with Crippen molar-refractivity contribution < 1.29 is 9.21 Å². The molecule has 9 nitrogen and oxygen atoms in total. The number of amides is 1. The largest absolute Gasteiger partial charge is 0.459 e. The minimum Gasteiger partial charge on any atom is -0.459 e. The Kier molecular flexibility index (Phi) is 4.01. The summed E-state index contributed by atoms with van der Waals surface area (Å²) >= 11 is 0. The molecule has 0 saturated heterocycles. The quantitative estimate of drug-likeness (QED) is 0.522. The van der Waals surface area contributed by atoms with Gasteiger partial charge >= 0.3 is 5.91 Å². The number of hydrogen-bond donors (Lipinski definition) is 4. The van der Waals surface area contributed by atoms with Gasteiger partial charge in [-0.1, -0.05) is 0 Å². The molecule has 0 spiro atoms. The van der Waals surface area contributed by atoms with Crippen LogP contribution < -0.4 is 21.9 Å². The van der Waals surface area contributed by atoms with Gasteiger partial charge in [0.05, 0.1) is 6.26 Å². The predicted octanol–water partition coefficient (Wildman–Crippen LogP) is 1.55. The van der Waals surface area contributed by atoms with Crippen LogP contribution in [0.3, 0.4) is 0 Å². The highest BCUT2D eigenvalue weighted by molar-refractivity contribution is 5.92. The topological polar surface area (TPSA) is 131 Å². The summed E-state index contributed by atoms with van der Waals surface area (Å²) in [4.78, 5) is 23.8. The van der Waals surface area contributed by atoms with E-state index in [0.29, 0.717) is 5.82 Å². The highest BCUT2D eigenvalue weighted by Gasteiger charge is 2.11. The first-order valence-corrected chi connectivity index (χ1v) is 6.61. The molecule has 3 rings (SSSR count). The number of carbonyl (C=O) groups is 1. The van der Waals surface area contributed by atoms with Gasteiger partial charge in [0, 0.05) is 18.1 Å². The van der Waals surface area contributed by atoms with Gasteiger partial charge in [0.25, 0.3) is 0 Å². The lowest BCUT2D eigenvalue weighted by Crippen LogP contribution is -2.30. The number of nitrogens with one attached hydrogen (secondary N) is 3. The van der Waals surface area contributed by atoms with Gasteiger partial charge in [-0.2, -0.15) is 0 Å². The van der Waals surface area contributed by atoms with Crippen LogP contribution in [-0.2, 0) is 0 Å². The maximum absolute atomic E-state index is 11.8. The first kappa shape index (κ1) is 14.3. The molecule has 0 aliphatic carbocycles. The van der Waals surface area contributed by atoms with Crippen molar-refractivity contribution in [1.29, 1.82) is 0 Å². The summed E-state index contributed by atoms with van der Waals surface area (Å²) < 4.78 is 4.98. The third-order valence-corrected chi connectivity index (χ3v) is 2.87. The molecule has 0 saturated carbocycles. The Balaban J connectivity index is 1.71. The van der Waals surface area contributed by atoms with E-state index in [-0.39, 0.29) is 17.3 Å². The summed E-state index contributed by atoms with van der Waals surface area (Å²) in [5, 5.41) is 3.04. The van der Waals surface area contributed by atoms with E-state index in [4.69, 9.17) is 10.2 Å². The first-order chi connectivity index (χ1) is 11.2. The van der Waals surface area contributed by atoms with E-state index in [0.717, 1.165) is 5.69 Å². The van der Waals surface area contributed by atoms with Crippen LogP contribution in [0, 0.1) is 0 Å². The number of hydrazine groups is 1. The molecule has 5 N–H and O–H groups in total. The van der Waals surface area contributed by atoms with E-state index >= 15 is 0 Å². The lowest BCUT2D eigenvalue weighted by Gasteiger charge is -2.12. The zero-order chi connectivity index (χ0) is 16.1. The Labute approximate surface area is 130 Å². The second kappa shape index (κ2) is 6.43. The summed E-state index contributed by atoms with van der Waals surface area (Å²) in [6, 6.07) is 6.70. The van der Waals surface area contributed by atoms with Gasteiger partial charge in [0.2, 0.25) is 0 Å². The van der Waals surface area contributed by atoms with Gasteiger partial charge < -0.3 is 15.5 Å². The van der Waals surface area contributed by atoms with Crippen LogP contribution >= 0.6 is 0 Å². The Morgan fingerprint density at radius 2 is 1.91 bits per heavy atom. The average molecular weight is 311 g/mol. The number of anilines is 4. The maximum Gasteiger partial charge on any atom is 0.305 e. The van der Waals surface area contributed by atoms with Crippen molar-refractivity contribution in [3.05, 3.63) is 55.0 Å². The van der Waals surface area contributed by atoms with Crippen molar-refractivity contribution in [3.63, 3.8) is 0 Å². The third kappa shape index (κ3) is 3.35. The molecule has 116 valence electrons. The van der Waals surface area contributed by atoms with Crippen molar-refractivity contribution >= 4 is 28.9 Å². The summed E-state index contributed by atoms with van der Waals surface area (Å²) in [5.74, 6) is 0.384. The number of nitrogens with two attached hydrogens (primary N) is 1. The highest BCUT2D eigenvalue weighted by Crippen LogP contribution is 2.24. The maximum atomic E-state index is 11.8. The van der Waals surface area contributed by atoms with E-state index in [1.807, 2.05) is 0 Å². The third-order valence-electron chi connectivity index (χ3n) is 2.87. The Morgan fingerprint density at radius 3 is 2.65 bits per heavy atom. The zero-order valence-electron chi connectivity index (χ0n) is 11.9. The Hall–Kier alpha value is -3.62. The Morgan fingerprint density at radius 1 is 1.13 bits per heavy atom. The fourth-order valence-corrected chi connectivity index (χ4v) is 1.75. The normalized spacial score (nSPS) is 10.1. The fourth-order valence-electron chi connectivity index (χ4n) is 1.75. The van der Waals surface area contributed by atoms with E-state index in [1.165, 1.54) is 18.7 Å². The predicted molar refractivity (Wildman–Crippen MR) is 83.8 cm³/mol. The van der Waals surface area contributed by atoms with E-state index < -0.39 is 5.91 Å². The van der Waals surface area contributed by atoms with Crippen molar-refractivity contribution in [1.82, 2.24) is 20.4 Å². The molecule has 9 heteroatoms. The van der Waals surface area contributed by atoms with E-state index in [2.05, 4.69) is 31.1 Å². The molecular formula is C14H13N7O2. The lowest BCUT2D eigenvalue weighted by atomic mass is 10.3. The minimum absolute atomic E-state index is 0.167. The van der Waals surface area contributed by atoms with Crippen molar-refractivity contribution in [3.8, 4) is 0 Å². The molecule has 0 radical (unpaired) electrons. The molecule has 3 aromatic heterocycles. The number of furan rings is 1. The van der Waals surface area contributed by atoms with Gasteiger partial charge in [0.1, 0.15) is 12.0 Å². The second-order valence-corrected chi connectivity index (χ2v) is 4.40. The van der Waals surface area contributed by atoms with Crippen LogP contribution in [0.1, 0.15) is 10.6 Å². The number of nitrogen functional groups attached to an aromatic ring is 1. The molecule has 1 amide bonds. The summed E-state index contributed by atoms with van der Waals surface area (Å²) in [7, 11) is 0. The molecule has 0 aliphatic heterocycles. The van der Waals surface area contributed by atoms with E-state index in [9.17, 15) is 4.79 Å². The SMILES string of the molecule is Nc1c(NNC(=O)c2ccco2)ncnc1Nc1ccncc1. The molecular weight excluding hydrogens is 298 g/mol. The summed E-state index contributed by atoms with van der Waals surface area (Å²) in [6.07, 6.45) is 6.01. The number of pyridine rings is 1. The minimum atomic E-state index is -0.448. The monoisotopic (exact) mass is 311 g/mol. The first-order valence-electron chi connectivity index (χ1n) is 6.61. The standard InChI is InChI=1S/C14H13N7O2/c15-11-12(19-9-3-5-16-6-4-9)17-8-18-13(11)20-21-14(22)10-2-1-7-23-10/h1-8H,15H2,(H,21,22)(H2,16,17,18,19,20). The van der Waals surface area contributed by atoms with Crippen molar-refractivity contribution in [2.24, 2.45) is 0 Å². The number of aromatic nitrogens is 3. The number of carbonyl (C=O) groups excluding carboxylic acids is 1. The van der Waals surface area contributed by atoms with Crippen molar-refractivity contribution in [2.45, 2.75) is 0 Å². The molecule has 0 bridgehead atoms. The Bertz CT molecular complexity index is 790. The van der Waals surface area contributed by atoms with Crippen molar-refractivity contribution in [2.75, 3.05) is 16.5 Å². The van der Waals surface area contributed by atoms with Gasteiger partial charge in [-0.3, -0.25) is 20.6 Å². The van der Waals surface area contributed by atoms with Crippen LogP contribution in [0.15, 0.2) is 53.7 Å². The molecule has 0 atom stereocenters. The summed E-state index contributed by atoms with van der Waals surface area (Å²) in [6.45, 7) is 0. The molecule has 23 heavy (non-hydrogen) atoms. The van der Waals surface area contributed by atoms with Gasteiger partial charge in [-0.25, -0.2) is 9.97 Å². The number of hydrogen-bond acceptors (Lipinski definition) is 8. The van der Waals surface area contributed by atoms with Crippen LogP contribution in [0.25, 0.3) is 0 Å². The second-order valence-electron chi connectivity index (χ2n) is 4.40. The molecule has 0 aromatic carbocycles.